The van der Waals surface area contributed by atoms with Crippen molar-refractivity contribution in [3.8, 4) is 0 Å². The van der Waals surface area contributed by atoms with Gasteiger partial charge in [-0.05, 0) is 75.0 Å². The van der Waals surface area contributed by atoms with Crippen LogP contribution < -0.4 is 20.4 Å². The van der Waals surface area contributed by atoms with Crippen LogP contribution in [0.1, 0.15) is 158 Å². The molecule has 0 aromatic rings. The van der Waals surface area contributed by atoms with Crippen molar-refractivity contribution in [1.82, 2.24) is 0 Å². The molecular weight excluding hydrogens is 630 g/mol. The molecule has 4 atom stereocenters. The summed E-state index contributed by atoms with van der Waals surface area (Å²) in [7, 11) is 0. The van der Waals surface area contributed by atoms with Crippen LogP contribution in [0.15, 0.2) is 0 Å². The van der Waals surface area contributed by atoms with Crippen molar-refractivity contribution in [3.05, 3.63) is 0 Å². The Morgan fingerprint density at radius 2 is 0.524 bits per heavy atom. The van der Waals surface area contributed by atoms with Crippen molar-refractivity contribution in [2.45, 2.75) is 158 Å². The molecule has 10 heteroatoms. The molecule has 254 valence electrons. The second kappa shape index (κ2) is 39.9. The number of carboxylic acid groups (broad SMARTS) is 4. The zero-order valence-corrected chi connectivity index (χ0v) is 29.6. The van der Waals surface area contributed by atoms with E-state index in [2.05, 4.69) is 27.7 Å². The minimum absolute atomic E-state index is 0. The van der Waals surface area contributed by atoms with Crippen LogP contribution >= 0.6 is 0 Å². The fraction of sp³-hybridized carbons (Fsp3) is 0.875. The predicted molar refractivity (Wildman–Crippen MR) is 153 cm³/mol. The van der Waals surface area contributed by atoms with E-state index >= 15 is 0 Å². The molecule has 0 aromatic carbocycles. The number of carbonyl (C=O) groups is 4. The van der Waals surface area contributed by atoms with Gasteiger partial charge in [0.15, 0.2) is 0 Å². The van der Waals surface area contributed by atoms with E-state index in [9.17, 15) is 39.6 Å². The Hall–Kier alpha value is -1.11. The van der Waals surface area contributed by atoms with Crippen molar-refractivity contribution >= 4 is 23.9 Å². The van der Waals surface area contributed by atoms with Crippen molar-refractivity contribution in [2.24, 2.45) is 23.7 Å². The Bertz CT molecular complexity index is 513. The monoisotopic (exact) mass is 690 g/mol. The van der Waals surface area contributed by atoms with Crippen LogP contribution in [-0.2, 0) is 52.7 Å². The number of hydrogen-bond donors (Lipinski definition) is 0. The molecule has 0 N–H and O–H groups in total. The van der Waals surface area contributed by atoms with E-state index in [1.54, 1.807) is 0 Å². The maximum Gasteiger partial charge on any atom is 2.00 e. The van der Waals surface area contributed by atoms with E-state index in [0.29, 0.717) is 25.7 Å². The van der Waals surface area contributed by atoms with Crippen LogP contribution in [0.4, 0.5) is 0 Å². The minimum atomic E-state index is -0.893. The number of unbranched alkanes of at least 4 members (excludes halogenated alkanes) is 4. The van der Waals surface area contributed by atoms with Crippen LogP contribution in [0.3, 0.4) is 0 Å². The SMILES string of the molecule is CCCCC(CC)C(=O)[O-].CCCCC(CC)C(=O)[O-].CCCCC(CC)C(=O)[O-].CCCCC(CC)C(=O)[O-].[Co+2].[Co+2]. The van der Waals surface area contributed by atoms with Crippen LogP contribution in [0.25, 0.3) is 0 Å². The van der Waals surface area contributed by atoms with Crippen LogP contribution in [-0.4, -0.2) is 23.9 Å². The van der Waals surface area contributed by atoms with E-state index < -0.39 is 23.9 Å². The summed E-state index contributed by atoms with van der Waals surface area (Å²) in [6.07, 6.45) is 14.1. The fourth-order valence-corrected chi connectivity index (χ4v) is 3.76. The summed E-state index contributed by atoms with van der Waals surface area (Å²) in [6.45, 7) is 15.8. The first-order valence-electron chi connectivity index (χ1n) is 15.7. The first kappa shape index (κ1) is 53.5. The van der Waals surface area contributed by atoms with Gasteiger partial charge in [-0.15, -0.1) is 0 Å². The van der Waals surface area contributed by atoms with Crippen LogP contribution in [0.2, 0.25) is 0 Å². The molecule has 4 unspecified atom stereocenters. The van der Waals surface area contributed by atoms with Crippen molar-refractivity contribution < 1.29 is 73.2 Å². The number of carbonyl (C=O) groups excluding carboxylic acids is 4. The summed E-state index contributed by atoms with van der Waals surface area (Å²) >= 11 is 0. The third-order valence-electron chi connectivity index (χ3n) is 6.93. The molecule has 0 aliphatic carbocycles. The molecule has 0 saturated carbocycles. The van der Waals surface area contributed by atoms with Crippen molar-refractivity contribution in [1.29, 1.82) is 0 Å². The van der Waals surface area contributed by atoms with Crippen molar-refractivity contribution in [2.75, 3.05) is 0 Å². The average molecular weight is 691 g/mol. The molecule has 0 fully saturated rings. The van der Waals surface area contributed by atoms with Gasteiger partial charge in [-0.3, -0.25) is 0 Å². The van der Waals surface area contributed by atoms with Gasteiger partial charge in [0.05, 0.1) is 0 Å². The molecule has 8 nitrogen and oxygen atoms in total. The van der Waals surface area contributed by atoms with Gasteiger partial charge in [0.1, 0.15) is 0 Å². The molecule has 42 heavy (non-hydrogen) atoms. The Kier molecular flexibility index (Phi) is 50.8. The molecule has 0 aromatic heterocycles. The third kappa shape index (κ3) is 36.9. The summed E-state index contributed by atoms with van der Waals surface area (Å²) in [5, 5.41) is 41.3. The average Bonchev–Trinajstić information content (AvgIpc) is 2.91. The molecule has 0 amide bonds. The zero-order valence-electron chi connectivity index (χ0n) is 27.6. The molecular formula is C32H60Co2O8. The van der Waals surface area contributed by atoms with Gasteiger partial charge in [-0.1, -0.05) is 107 Å². The molecule has 0 spiro atoms. The number of rotatable bonds is 20. The minimum Gasteiger partial charge on any atom is -0.550 e. The standard InChI is InChI=1S/4C8H16O2.2Co/c4*1-3-5-6-7(4-2)8(9)10;;/h4*7H,3-6H2,1-2H3,(H,9,10);;/q;;;;2*+2/p-4. The molecule has 0 bridgehead atoms. The van der Waals surface area contributed by atoms with Gasteiger partial charge in [0.25, 0.3) is 0 Å². The van der Waals surface area contributed by atoms with E-state index in [-0.39, 0.29) is 57.2 Å². The maximum atomic E-state index is 10.3. The second-order valence-corrected chi connectivity index (χ2v) is 10.3. The zero-order chi connectivity index (χ0) is 31.9. The Morgan fingerprint density at radius 3 is 0.595 bits per heavy atom. The molecule has 0 heterocycles. The summed E-state index contributed by atoms with van der Waals surface area (Å²) in [4.78, 5) is 41.3. The fourth-order valence-electron chi connectivity index (χ4n) is 3.76. The molecule has 0 saturated heterocycles. The first-order chi connectivity index (χ1) is 18.9. The van der Waals surface area contributed by atoms with Gasteiger partial charge in [-0.2, -0.15) is 0 Å². The van der Waals surface area contributed by atoms with Crippen molar-refractivity contribution in [3.63, 3.8) is 0 Å². The Labute approximate surface area is 278 Å². The van der Waals surface area contributed by atoms with E-state index in [0.717, 1.165) is 77.0 Å². The Morgan fingerprint density at radius 1 is 0.381 bits per heavy atom. The summed E-state index contributed by atoms with van der Waals surface area (Å²) in [6, 6.07) is 0. The smallest absolute Gasteiger partial charge is 0.550 e. The molecule has 2 radical (unpaired) electrons. The van der Waals surface area contributed by atoms with Gasteiger partial charge in [0, 0.05) is 23.9 Å². The number of carboxylic acids is 4. The molecule has 0 aliphatic heterocycles. The quantitative estimate of drug-likeness (QED) is 0.187. The van der Waals surface area contributed by atoms with E-state index in [1.165, 1.54) is 0 Å². The second-order valence-electron chi connectivity index (χ2n) is 10.3. The van der Waals surface area contributed by atoms with Gasteiger partial charge < -0.3 is 39.6 Å². The van der Waals surface area contributed by atoms with Crippen LogP contribution in [0.5, 0.6) is 0 Å². The van der Waals surface area contributed by atoms with Gasteiger partial charge in [-0.25, -0.2) is 0 Å². The summed E-state index contributed by atoms with van der Waals surface area (Å²) < 4.78 is 0. The normalized spacial score (nSPS) is 12.4. The maximum absolute atomic E-state index is 10.3. The number of hydrogen-bond acceptors (Lipinski definition) is 8. The van der Waals surface area contributed by atoms with E-state index in [1.807, 2.05) is 27.7 Å². The van der Waals surface area contributed by atoms with Gasteiger partial charge in [0.2, 0.25) is 0 Å². The Balaban J connectivity index is -0.000000101. The van der Waals surface area contributed by atoms with E-state index in [4.69, 9.17) is 0 Å². The predicted octanol–water partition coefficient (Wildman–Crippen LogP) is 3.81. The largest absolute Gasteiger partial charge is 2.00 e. The summed E-state index contributed by atoms with van der Waals surface area (Å²) in [5.74, 6) is -4.46. The van der Waals surface area contributed by atoms with Crippen LogP contribution in [0, 0.1) is 23.7 Å². The summed E-state index contributed by atoms with van der Waals surface area (Å²) in [5.41, 5.74) is 0. The van der Waals surface area contributed by atoms with Gasteiger partial charge >= 0.3 is 33.6 Å². The molecule has 0 rings (SSSR count). The first-order valence-corrected chi connectivity index (χ1v) is 15.7. The number of aliphatic carboxylic acids is 4. The topological polar surface area (TPSA) is 161 Å². The third-order valence-corrected chi connectivity index (χ3v) is 6.93. The molecule has 0 aliphatic rings.